The van der Waals surface area contributed by atoms with E-state index in [0.717, 1.165) is 11.3 Å². The van der Waals surface area contributed by atoms with Gasteiger partial charge in [-0.1, -0.05) is 35.3 Å². The maximum atomic E-state index is 13.5. The number of hydrogen-bond acceptors (Lipinski definition) is 4. The fraction of sp³-hybridized carbons (Fsp3) is 0.120. The molecule has 0 fully saturated rings. The number of halogens is 2. The summed E-state index contributed by atoms with van der Waals surface area (Å²) in [5.74, 6) is -0.146. The van der Waals surface area contributed by atoms with Crippen LogP contribution < -0.4 is 15.0 Å². The van der Waals surface area contributed by atoms with Crippen molar-refractivity contribution in [3.63, 3.8) is 0 Å². The van der Waals surface area contributed by atoms with E-state index in [1.165, 1.54) is 4.90 Å². The second-order valence-corrected chi connectivity index (χ2v) is 8.09. The van der Waals surface area contributed by atoms with Gasteiger partial charge < -0.3 is 10.1 Å². The van der Waals surface area contributed by atoms with E-state index in [4.69, 9.17) is 27.9 Å². The van der Waals surface area contributed by atoms with E-state index >= 15 is 0 Å². The lowest BCUT2D eigenvalue weighted by atomic mass is 10.0. The van der Waals surface area contributed by atoms with Gasteiger partial charge >= 0.3 is 0 Å². The molecule has 2 amide bonds. The van der Waals surface area contributed by atoms with Crippen molar-refractivity contribution in [1.82, 2.24) is 0 Å². The molecule has 0 aliphatic carbocycles. The quantitative estimate of drug-likeness (QED) is 0.446. The van der Waals surface area contributed by atoms with Crippen molar-refractivity contribution < 1.29 is 14.3 Å². The van der Waals surface area contributed by atoms with Crippen LogP contribution in [0.15, 0.2) is 72.4 Å². The second kappa shape index (κ2) is 9.07. The zero-order valence-electron chi connectivity index (χ0n) is 17.5. The number of hydrogen-bond donors (Lipinski definition) is 1. The smallest absolute Gasteiger partial charge is 0.282 e. The molecule has 0 radical (unpaired) electrons. The Morgan fingerprint density at radius 2 is 1.53 bits per heavy atom. The molecule has 7 heteroatoms. The van der Waals surface area contributed by atoms with Crippen molar-refractivity contribution in [1.29, 1.82) is 0 Å². The van der Waals surface area contributed by atoms with Gasteiger partial charge in [0.2, 0.25) is 0 Å². The van der Waals surface area contributed by atoms with Crippen molar-refractivity contribution in [3.8, 4) is 5.75 Å². The monoisotopic (exact) mass is 466 g/mol. The molecule has 0 saturated carbocycles. The minimum absolute atomic E-state index is 0.191. The van der Waals surface area contributed by atoms with Crippen LogP contribution in [0.3, 0.4) is 0 Å². The SMILES string of the molecule is CCOc1ccc(NC2=C(c3ccc(Cl)cc3)C(=O)N(c3ccc(Cl)cc3C)C2=O)cc1. The van der Waals surface area contributed by atoms with Gasteiger partial charge in [0.05, 0.1) is 17.9 Å². The maximum Gasteiger partial charge on any atom is 0.282 e. The lowest BCUT2D eigenvalue weighted by Crippen LogP contribution is -2.33. The summed E-state index contributed by atoms with van der Waals surface area (Å²) in [5.41, 5.74) is 2.92. The second-order valence-electron chi connectivity index (χ2n) is 7.22. The lowest BCUT2D eigenvalue weighted by molar-refractivity contribution is -0.120. The van der Waals surface area contributed by atoms with Crippen LogP contribution in [0.4, 0.5) is 11.4 Å². The minimum Gasteiger partial charge on any atom is -0.494 e. The Hall–Kier alpha value is -3.28. The fourth-order valence-electron chi connectivity index (χ4n) is 3.56. The molecular formula is C25H20Cl2N2O3. The first-order chi connectivity index (χ1) is 15.4. The van der Waals surface area contributed by atoms with Crippen LogP contribution in [0, 0.1) is 6.92 Å². The summed E-state index contributed by atoms with van der Waals surface area (Å²) in [4.78, 5) is 28.2. The Kier molecular flexibility index (Phi) is 6.21. The lowest BCUT2D eigenvalue weighted by Gasteiger charge is -2.18. The van der Waals surface area contributed by atoms with Gasteiger partial charge in [-0.2, -0.15) is 0 Å². The number of anilines is 2. The third kappa shape index (κ3) is 4.22. The van der Waals surface area contributed by atoms with Gasteiger partial charge in [-0.3, -0.25) is 9.59 Å². The Bertz CT molecular complexity index is 1220. The van der Waals surface area contributed by atoms with E-state index in [1.807, 2.05) is 13.8 Å². The summed E-state index contributed by atoms with van der Waals surface area (Å²) >= 11 is 12.1. The van der Waals surface area contributed by atoms with E-state index in [9.17, 15) is 9.59 Å². The van der Waals surface area contributed by atoms with Crippen LogP contribution in [0.25, 0.3) is 5.57 Å². The van der Waals surface area contributed by atoms with Crippen molar-refractivity contribution in [2.24, 2.45) is 0 Å². The number of rotatable bonds is 6. The third-order valence-corrected chi connectivity index (χ3v) is 5.54. The van der Waals surface area contributed by atoms with Crippen molar-refractivity contribution in [2.45, 2.75) is 13.8 Å². The Morgan fingerprint density at radius 1 is 0.875 bits per heavy atom. The standard InChI is InChI=1S/C25H20Cl2N2O3/c1-3-32-20-11-9-19(10-12-20)28-23-22(16-4-6-17(26)7-5-16)24(30)29(25(23)31)21-13-8-18(27)14-15(21)2/h4-14,28H,3H2,1-2H3. The first-order valence-corrected chi connectivity index (χ1v) is 10.8. The highest BCUT2D eigenvalue weighted by atomic mass is 35.5. The Morgan fingerprint density at radius 3 is 2.16 bits per heavy atom. The van der Waals surface area contributed by atoms with E-state index in [1.54, 1.807) is 66.7 Å². The molecule has 0 saturated heterocycles. The number of nitrogens with zero attached hydrogens (tertiary/aromatic N) is 1. The van der Waals surface area contributed by atoms with E-state index < -0.39 is 11.8 Å². The predicted molar refractivity (Wildman–Crippen MR) is 128 cm³/mol. The van der Waals surface area contributed by atoms with Crippen LogP contribution in [0.5, 0.6) is 5.75 Å². The number of amides is 2. The van der Waals surface area contributed by atoms with Crippen LogP contribution in [0.2, 0.25) is 10.0 Å². The largest absolute Gasteiger partial charge is 0.494 e. The summed E-state index contributed by atoms with van der Waals surface area (Å²) in [6, 6.07) is 19.1. The van der Waals surface area contributed by atoms with Gasteiger partial charge in [-0.25, -0.2) is 4.90 Å². The topological polar surface area (TPSA) is 58.6 Å². The zero-order chi connectivity index (χ0) is 22.8. The molecule has 5 nitrogen and oxygen atoms in total. The number of aryl methyl sites for hydroxylation is 1. The van der Waals surface area contributed by atoms with Gasteiger partial charge in [0.25, 0.3) is 11.8 Å². The van der Waals surface area contributed by atoms with Gasteiger partial charge in [0.15, 0.2) is 0 Å². The molecule has 0 aromatic heterocycles. The summed E-state index contributed by atoms with van der Waals surface area (Å²) in [5, 5.41) is 4.21. The summed E-state index contributed by atoms with van der Waals surface area (Å²) < 4.78 is 5.48. The van der Waals surface area contributed by atoms with Crippen molar-refractivity contribution in [2.75, 3.05) is 16.8 Å². The zero-order valence-corrected chi connectivity index (χ0v) is 19.0. The summed E-state index contributed by atoms with van der Waals surface area (Å²) in [6.07, 6.45) is 0. The molecule has 162 valence electrons. The summed E-state index contributed by atoms with van der Waals surface area (Å²) in [6.45, 7) is 4.27. The van der Waals surface area contributed by atoms with E-state index in [2.05, 4.69) is 5.32 Å². The number of ether oxygens (including phenoxy) is 1. The first-order valence-electron chi connectivity index (χ1n) is 10.0. The molecule has 1 N–H and O–H groups in total. The third-order valence-electron chi connectivity index (χ3n) is 5.05. The van der Waals surface area contributed by atoms with Crippen molar-refractivity contribution >= 4 is 52.0 Å². The number of carbonyl (C=O) groups excluding carboxylic acids is 2. The highest BCUT2D eigenvalue weighted by molar-refractivity contribution is 6.46. The van der Waals surface area contributed by atoms with E-state index in [-0.39, 0.29) is 11.3 Å². The Labute approximate surface area is 196 Å². The molecule has 32 heavy (non-hydrogen) atoms. The molecule has 0 bridgehead atoms. The molecule has 0 spiro atoms. The van der Waals surface area contributed by atoms with Gasteiger partial charge in [-0.15, -0.1) is 0 Å². The average molecular weight is 467 g/mol. The first kappa shape index (κ1) is 21.9. The van der Waals surface area contributed by atoms with Crippen molar-refractivity contribution in [3.05, 3.63) is 93.6 Å². The van der Waals surface area contributed by atoms with E-state index in [0.29, 0.717) is 33.6 Å². The maximum absolute atomic E-state index is 13.5. The predicted octanol–water partition coefficient (Wildman–Crippen LogP) is 6.10. The number of benzene rings is 3. The van der Waals surface area contributed by atoms with Crippen LogP contribution in [-0.2, 0) is 9.59 Å². The molecule has 1 heterocycles. The molecular weight excluding hydrogens is 447 g/mol. The molecule has 1 aliphatic rings. The average Bonchev–Trinajstić information content (AvgIpc) is 3.00. The fourth-order valence-corrected chi connectivity index (χ4v) is 3.92. The number of nitrogens with one attached hydrogen (secondary N) is 1. The summed E-state index contributed by atoms with van der Waals surface area (Å²) in [7, 11) is 0. The van der Waals surface area contributed by atoms with Gasteiger partial charge in [-0.05, 0) is 79.6 Å². The Balaban J connectivity index is 1.78. The number of carbonyl (C=O) groups is 2. The minimum atomic E-state index is -0.445. The molecule has 1 aliphatic heterocycles. The number of imide groups is 1. The molecule has 3 aromatic rings. The van der Waals surface area contributed by atoms with Crippen LogP contribution in [-0.4, -0.2) is 18.4 Å². The highest BCUT2D eigenvalue weighted by Crippen LogP contribution is 2.36. The van der Waals surface area contributed by atoms with Crippen LogP contribution in [0.1, 0.15) is 18.1 Å². The van der Waals surface area contributed by atoms with Gasteiger partial charge in [0, 0.05) is 15.7 Å². The van der Waals surface area contributed by atoms with Gasteiger partial charge in [0.1, 0.15) is 11.4 Å². The molecule has 4 rings (SSSR count). The molecule has 3 aromatic carbocycles. The highest BCUT2D eigenvalue weighted by Gasteiger charge is 2.40. The normalized spacial score (nSPS) is 13.7. The molecule has 0 unspecified atom stereocenters. The molecule has 0 atom stereocenters. The van der Waals surface area contributed by atoms with Crippen LogP contribution >= 0.6 is 23.2 Å².